The van der Waals surface area contributed by atoms with Crippen molar-refractivity contribution in [3.05, 3.63) is 0 Å². The van der Waals surface area contributed by atoms with Crippen LogP contribution in [0.3, 0.4) is 0 Å². The molecule has 0 aromatic rings. The minimum Gasteiger partial charge on any atom is -0.358 e. The van der Waals surface area contributed by atoms with Crippen molar-refractivity contribution in [3.8, 4) is 0 Å². The molecule has 1 saturated heterocycles. The second kappa shape index (κ2) is 3.41. The van der Waals surface area contributed by atoms with E-state index in [1.807, 2.05) is 12.1 Å². The van der Waals surface area contributed by atoms with Crippen molar-refractivity contribution in [2.24, 2.45) is 4.99 Å². The Morgan fingerprint density at radius 1 is 1.70 bits per heavy atom. The summed E-state index contributed by atoms with van der Waals surface area (Å²) in [4.78, 5) is 4.06. The number of rotatable bonds is 0. The van der Waals surface area contributed by atoms with E-state index >= 15 is 0 Å². The monoisotopic (exact) mass is 142 g/mol. The number of nitrogens with zero attached hydrogens (tertiary/aromatic N) is 2. The van der Waals surface area contributed by atoms with Crippen LogP contribution in [0.15, 0.2) is 4.99 Å². The first-order valence-corrected chi connectivity index (χ1v) is 3.54. The van der Waals surface area contributed by atoms with E-state index in [4.69, 9.17) is 0 Å². The molecule has 0 aromatic heterocycles. The molecule has 4 nitrogen and oxygen atoms in total. The summed E-state index contributed by atoms with van der Waals surface area (Å²) in [6, 6.07) is 0. The Morgan fingerprint density at radius 3 is 2.90 bits per heavy atom. The normalized spacial score (nSPS) is 19.8. The fraction of sp³-hybridized carbons (Fsp3) is 0.833. The average Bonchev–Trinajstić information content (AvgIpc) is 2.43. The Labute approximate surface area is 61.3 Å². The standard InChI is InChI=1S/C6H14N4/c1-7-6(8-2)10-5-3-4-9-10/h9H,3-5H2,1-2H3,(H,7,8). The predicted molar refractivity (Wildman–Crippen MR) is 41.7 cm³/mol. The second-order valence-corrected chi connectivity index (χ2v) is 2.21. The molecular weight excluding hydrogens is 128 g/mol. The second-order valence-electron chi connectivity index (χ2n) is 2.21. The van der Waals surface area contributed by atoms with Gasteiger partial charge in [0.25, 0.3) is 0 Å². The predicted octanol–water partition coefficient (Wildman–Crippen LogP) is -0.598. The van der Waals surface area contributed by atoms with Gasteiger partial charge in [-0.1, -0.05) is 0 Å². The van der Waals surface area contributed by atoms with Crippen LogP contribution in [0.2, 0.25) is 0 Å². The van der Waals surface area contributed by atoms with Gasteiger partial charge in [0, 0.05) is 27.2 Å². The van der Waals surface area contributed by atoms with Gasteiger partial charge in [0.2, 0.25) is 5.96 Å². The molecule has 0 spiro atoms. The van der Waals surface area contributed by atoms with Gasteiger partial charge in [-0.05, 0) is 6.42 Å². The van der Waals surface area contributed by atoms with E-state index in [1.165, 1.54) is 6.42 Å². The van der Waals surface area contributed by atoms with Gasteiger partial charge in [-0.25, -0.2) is 5.43 Å². The molecular formula is C6H14N4. The Bertz CT molecular complexity index is 126. The van der Waals surface area contributed by atoms with Crippen molar-refractivity contribution in [2.45, 2.75) is 6.42 Å². The van der Waals surface area contributed by atoms with Gasteiger partial charge in [-0.3, -0.25) is 10.0 Å². The summed E-state index contributed by atoms with van der Waals surface area (Å²) in [5.74, 6) is 0.914. The third-order valence-electron chi connectivity index (χ3n) is 1.55. The lowest BCUT2D eigenvalue weighted by molar-refractivity contribution is 0.391. The third kappa shape index (κ3) is 1.39. The molecule has 1 aliphatic rings. The Hall–Kier alpha value is -0.770. The topological polar surface area (TPSA) is 39.7 Å². The summed E-state index contributed by atoms with van der Waals surface area (Å²) in [6.07, 6.45) is 1.20. The molecule has 0 unspecified atom stereocenters. The van der Waals surface area contributed by atoms with E-state index in [0.29, 0.717) is 0 Å². The molecule has 1 heterocycles. The molecule has 0 bridgehead atoms. The van der Waals surface area contributed by atoms with Gasteiger partial charge in [0.15, 0.2) is 0 Å². The summed E-state index contributed by atoms with van der Waals surface area (Å²) < 4.78 is 0. The van der Waals surface area contributed by atoms with Crippen LogP contribution in [0.1, 0.15) is 6.42 Å². The van der Waals surface area contributed by atoms with Crippen LogP contribution in [0.5, 0.6) is 0 Å². The molecule has 58 valence electrons. The highest BCUT2D eigenvalue weighted by atomic mass is 15.6. The van der Waals surface area contributed by atoms with Gasteiger partial charge >= 0.3 is 0 Å². The number of hydrogen-bond acceptors (Lipinski definition) is 2. The van der Waals surface area contributed by atoms with Crippen LogP contribution in [0, 0.1) is 0 Å². The Kier molecular flexibility index (Phi) is 2.50. The highest BCUT2D eigenvalue weighted by Gasteiger charge is 2.12. The third-order valence-corrected chi connectivity index (χ3v) is 1.55. The molecule has 1 aliphatic heterocycles. The molecule has 0 saturated carbocycles. The van der Waals surface area contributed by atoms with Crippen LogP contribution in [-0.4, -0.2) is 38.2 Å². The zero-order valence-electron chi connectivity index (χ0n) is 6.52. The smallest absolute Gasteiger partial charge is 0.208 e. The molecule has 4 heteroatoms. The maximum Gasteiger partial charge on any atom is 0.208 e. The van der Waals surface area contributed by atoms with Crippen molar-refractivity contribution in [3.63, 3.8) is 0 Å². The lowest BCUT2D eigenvalue weighted by Gasteiger charge is -2.18. The zero-order chi connectivity index (χ0) is 7.40. The number of guanidine groups is 1. The molecule has 2 N–H and O–H groups in total. The van der Waals surface area contributed by atoms with E-state index in [9.17, 15) is 0 Å². The largest absolute Gasteiger partial charge is 0.358 e. The van der Waals surface area contributed by atoms with E-state index < -0.39 is 0 Å². The van der Waals surface area contributed by atoms with E-state index in [0.717, 1.165) is 19.0 Å². The van der Waals surface area contributed by atoms with Crippen LogP contribution in [0.25, 0.3) is 0 Å². The molecule has 1 rings (SSSR count). The van der Waals surface area contributed by atoms with E-state index in [1.54, 1.807) is 7.05 Å². The van der Waals surface area contributed by atoms with Gasteiger partial charge < -0.3 is 5.32 Å². The van der Waals surface area contributed by atoms with Crippen molar-refractivity contribution in [1.29, 1.82) is 0 Å². The van der Waals surface area contributed by atoms with Crippen LogP contribution < -0.4 is 10.7 Å². The molecule has 10 heavy (non-hydrogen) atoms. The maximum atomic E-state index is 4.06. The van der Waals surface area contributed by atoms with Crippen molar-refractivity contribution in [2.75, 3.05) is 27.2 Å². The Balaban J connectivity index is 2.45. The Morgan fingerprint density at radius 2 is 2.50 bits per heavy atom. The SMILES string of the molecule is CN=C(NC)N1CCCN1. The minimum absolute atomic E-state index is 0.914. The van der Waals surface area contributed by atoms with Crippen LogP contribution in [-0.2, 0) is 0 Å². The molecule has 0 radical (unpaired) electrons. The van der Waals surface area contributed by atoms with Crippen molar-refractivity contribution >= 4 is 5.96 Å². The van der Waals surface area contributed by atoms with E-state index in [2.05, 4.69) is 15.7 Å². The van der Waals surface area contributed by atoms with Gasteiger partial charge in [0.05, 0.1) is 0 Å². The summed E-state index contributed by atoms with van der Waals surface area (Å²) in [5, 5.41) is 5.03. The summed E-state index contributed by atoms with van der Waals surface area (Å²) >= 11 is 0. The molecule has 0 amide bonds. The lowest BCUT2D eigenvalue weighted by Crippen LogP contribution is -2.43. The summed E-state index contributed by atoms with van der Waals surface area (Å²) in [5.41, 5.74) is 3.20. The van der Waals surface area contributed by atoms with Crippen LogP contribution in [0.4, 0.5) is 0 Å². The summed E-state index contributed by atoms with van der Waals surface area (Å²) in [7, 11) is 3.66. The number of nitrogens with one attached hydrogen (secondary N) is 2. The highest BCUT2D eigenvalue weighted by Crippen LogP contribution is 1.95. The van der Waals surface area contributed by atoms with Gasteiger partial charge in [-0.15, -0.1) is 0 Å². The molecule has 1 fully saturated rings. The van der Waals surface area contributed by atoms with Gasteiger partial charge in [-0.2, -0.15) is 0 Å². The quantitative estimate of drug-likeness (QED) is 0.350. The van der Waals surface area contributed by atoms with Gasteiger partial charge in [0.1, 0.15) is 0 Å². The minimum atomic E-state index is 0.914. The first kappa shape index (κ1) is 7.34. The van der Waals surface area contributed by atoms with Crippen molar-refractivity contribution in [1.82, 2.24) is 15.8 Å². The number of hydrazine groups is 1. The lowest BCUT2D eigenvalue weighted by atomic mass is 10.5. The first-order valence-electron chi connectivity index (χ1n) is 3.54. The number of hydrogen-bond donors (Lipinski definition) is 2. The summed E-state index contributed by atoms with van der Waals surface area (Å²) in [6.45, 7) is 2.11. The molecule has 0 aromatic carbocycles. The van der Waals surface area contributed by atoms with E-state index in [-0.39, 0.29) is 0 Å². The molecule has 0 atom stereocenters. The van der Waals surface area contributed by atoms with Crippen LogP contribution >= 0.6 is 0 Å². The fourth-order valence-electron chi connectivity index (χ4n) is 1.08. The maximum absolute atomic E-state index is 4.06. The average molecular weight is 142 g/mol. The number of aliphatic imine (C=N–C) groups is 1. The van der Waals surface area contributed by atoms with Crippen molar-refractivity contribution < 1.29 is 0 Å². The fourth-order valence-corrected chi connectivity index (χ4v) is 1.08. The zero-order valence-corrected chi connectivity index (χ0v) is 6.52. The highest BCUT2D eigenvalue weighted by molar-refractivity contribution is 5.79. The molecule has 0 aliphatic carbocycles. The first-order chi connectivity index (χ1) is 4.88.